The van der Waals surface area contributed by atoms with Gasteiger partial charge in [0.05, 0.1) is 11.1 Å². The van der Waals surface area contributed by atoms with E-state index < -0.39 is 17.6 Å². The van der Waals surface area contributed by atoms with Gasteiger partial charge in [-0.05, 0) is 49.7 Å². The second kappa shape index (κ2) is 10.3. The molecule has 1 amide bonds. The number of nitrogens with two attached hydrogens (primary N) is 1. The molecule has 0 unspecified atom stereocenters. The number of amides is 1. The molecule has 0 bridgehead atoms. The zero-order chi connectivity index (χ0) is 18.6. The van der Waals surface area contributed by atoms with Crippen LogP contribution in [0, 0.1) is 0 Å². The Kier molecular flexibility index (Phi) is 9.56. The molecule has 0 spiro atoms. The van der Waals surface area contributed by atoms with Crippen LogP contribution >= 0.6 is 24.8 Å². The lowest BCUT2D eigenvalue weighted by Gasteiger charge is -2.15. The fourth-order valence-corrected chi connectivity index (χ4v) is 2.22. The molecule has 150 valence electrons. The minimum atomic E-state index is -4.52. The van der Waals surface area contributed by atoms with Crippen LogP contribution in [0.1, 0.15) is 35.3 Å². The molecule has 0 saturated carbocycles. The summed E-state index contributed by atoms with van der Waals surface area (Å²) in [5.74, 6) is -0.195. The third-order valence-corrected chi connectivity index (χ3v) is 3.29. The number of benzene rings is 1. The zero-order valence-electron chi connectivity index (χ0n) is 14.6. The van der Waals surface area contributed by atoms with Crippen molar-refractivity contribution in [2.24, 2.45) is 5.73 Å². The maximum Gasteiger partial charge on any atom is 0.416 e. The van der Waals surface area contributed by atoms with Gasteiger partial charge < -0.3 is 16.4 Å². The highest BCUT2D eigenvalue weighted by Gasteiger charge is 2.31. The first kappa shape index (κ1) is 25.0. The maximum atomic E-state index is 13.0. The smallest absolute Gasteiger partial charge is 0.367 e. The van der Waals surface area contributed by atoms with Gasteiger partial charge in [-0.1, -0.05) is 0 Å². The average Bonchev–Trinajstić information content (AvgIpc) is 2.53. The van der Waals surface area contributed by atoms with E-state index >= 15 is 0 Å². The molecule has 0 aliphatic carbocycles. The van der Waals surface area contributed by atoms with Crippen molar-refractivity contribution in [3.05, 3.63) is 53.2 Å². The van der Waals surface area contributed by atoms with E-state index in [1.54, 1.807) is 12.1 Å². The molecule has 2 rings (SSSR count). The van der Waals surface area contributed by atoms with Crippen molar-refractivity contribution in [2.75, 3.05) is 10.6 Å². The summed E-state index contributed by atoms with van der Waals surface area (Å²) >= 11 is 0. The summed E-state index contributed by atoms with van der Waals surface area (Å²) in [6.07, 6.45) is -3.00. The van der Waals surface area contributed by atoms with Gasteiger partial charge in [-0.15, -0.1) is 24.8 Å². The van der Waals surface area contributed by atoms with Gasteiger partial charge >= 0.3 is 6.18 Å². The van der Waals surface area contributed by atoms with Crippen molar-refractivity contribution in [2.45, 2.75) is 32.6 Å². The van der Waals surface area contributed by atoms with Gasteiger partial charge in [0.15, 0.2) is 0 Å². The number of nitrogens with one attached hydrogen (secondary N) is 2. The first-order valence-electron chi connectivity index (χ1n) is 7.65. The first-order valence-corrected chi connectivity index (χ1v) is 7.65. The standard InChI is InChI=1S/C17H19F3N4O.2ClH/c1-10(2)23-15-14(4-3-5-22-15)16(25)24-13-7-11(9-21)6-12(8-13)17(18,19)20;;/h3-8,10H,9,21H2,1-2H3,(H,22,23)(H,24,25);2*1H. The van der Waals surface area contributed by atoms with E-state index in [9.17, 15) is 18.0 Å². The summed E-state index contributed by atoms with van der Waals surface area (Å²) in [5.41, 5.74) is 5.13. The van der Waals surface area contributed by atoms with E-state index in [1.807, 2.05) is 13.8 Å². The van der Waals surface area contributed by atoms with Crippen LogP contribution in [0.2, 0.25) is 0 Å². The van der Waals surface area contributed by atoms with Crippen molar-refractivity contribution in [3.63, 3.8) is 0 Å². The Hall–Kier alpha value is -2.03. The van der Waals surface area contributed by atoms with Crippen LogP contribution in [0.4, 0.5) is 24.7 Å². The van der Waals surface area contributed by atoms with E-state index in [4.69, 9.17) is 5.73 Å². The second-order valence-corrected chi connectivity index (χ2v) is 5.77. The maximum absolute atomic E-state index is 13.0. The van der Waals surface area contributed by atoms with Crippen LogP contribution in [0.25, 0.3) is 0 Å². The minimum absolute atomic E-state index is 0. The van der Waals surface area contributed by atoms with Crippen LogP contribution < -0.4 is 16.4 Å². The normalized spacial score (nSPS) is 10.6. The molecule has 0 aliphatic rings. The lowest BCUT2D eigenvalue weighted by atomic mass is 10.1. The molecule has 2 aromatic rings. The lowest BCUT2D eigenvalue weighted by molar-refractivity contribution is -0.137. The minimum Gasteiger partial charge on any atom is -0.367 e. The Morgan fingerprint density at radius 2 is 1.89 bits per heavy atom. The van der Waals surface area contributed by atoms with E-state index in [0.29, 0.717) is 5.82 Å². The van der Waals surface area contributed by atoms with Crippen LogP contribution in [0.5, 0.6) is 0 Å². The summed E-state index contributed by atoms with van der Waals surface area (Å²) in [6.45, 7) is 3.70. The van der Waals surface area contributed by atoms with Gasteiger partial charge in [0.25, 0.3) is 5.91 Å². The Bertz CT molecular complexity index is 770. The SMILES string of the molecule is CC(C)Nc1ncccc1C(=O)Nc1cc(CN)cc(C(F)(F)F)c1.Cl.Cl. The lowest BCUT2D eigenvalue weighted by Crippen LogP contribution is -2.19. The molecule has 4 N–H and O–H groups in total. The average molecular weight is 425 g/mol. The first-order chi connectivity index (χ1) is 11.7. The molecule has 5 nitrogen and oxygen atoms in total. The van der Waals surface area contributed by atoms with E-state index in [2.05, 4.69) is 15.6 Å². The largest absolute Gasteiger partial charge is 0.416 e. The third-order valence-electron chi connectivity index (χ3n) is 3.29. The Balaban J connectivity index is 0.00000338. The molecule has 0 saturated heterocycles. The topological polar surface area (TPSA) is 80.0 Å². The van der Waals surface area contributed by atoms with Crippen LogP contribution in [0.3, 0.4) is 0 Å². The third kappa shape index (κ3) is 6.89. The van der Waals surface area contributed by atoms with Crippen molar-refractivity contribution < 1.29 is 18.0 Å². The number of rotatable bonds is 5. The summed E-state index contributed by atoms with van der Waals surface area (Å²) in [4.78, 5) is 16.6. The molecule has 0 radical (unpaired) electrons. The molecule has 1 aromatic carbocycles. The van der Waals surface area contributed by atoms with Gasteiger partial charge in [-0.2, -0.15) is 13.2 Å². The number of pyridine rings is 1. The van der Waals surface area contributed by atoms with Crippen molar-refractivity contribution in [1.82, 2.24) is 4.98 Å². The van der Waals surface area contributed by atoms with Crippen LogP contribution in [-0.4, -0.2) is 16.9 Å². The highest BCUT2D eigenvalue weighted by molar-refractivity contribution is 6.07. The molecule has 1 aromatic heterocycles. The zero-order valence-corrected chi connectivity index (χ0v) is 16.3. The fourth-order valence-electron chi connectivity index (χ4n) is 2.22. The summed E-state index contributed by atoms with van der Waals surface area (Å²) in [5, 5.41) is 5.51. The molecule has 10 heteroatoms. The number of hydrogen-bond acceptors (Lipinski definition) is 4. The van der Waals surface area contributed by atoms with Crippen LogP contribution in [0.15, 0.2) is 36.5 Å². The number of hydrogen-bond donors (Lipinski definition) is 3. The fraction of sp³-hybridized carbons (Fsp3) is 0.294. The number of carbonyl (C=O) groups excluding carboxylic acids is 1. The number of anilines is 2. The quantitative estimate of drug-likeness (QED) is 0.660. The second-order valence-electron chi connectivity index (χ2n) is 5.77. The molecule has 0 aliphatic heterocycles. The van der Waals surface area contributed by atoms with Crippen molar-refractivity contribution >= 4 is 42.2 Å². The predicted octanol–water partition coefficient (Wildman–Crippen LogP) is 4.48. The molecule has 0 fully saturated rings. The Morgan fingerprint density at radius 1 is 1.22 bits per heavy atom. The van der Waals surface area contributed by atoms with Gasteiger partial charge in [0, 0.05) is 24.5 Å². The van der Waals surface area contributed by atoms with Crippen LogP contribution in [-0.2, 0) is 12.7 Å². The van der Waals surface area contributed by atoms with E-state index in [-0.39, 0.29) is 54.2 Å². The number of alkyl halides is 3. The number of aromatic nitrogens is 1. The molecule has 27 heavy (non-hydrogen) atoms. The Labute approximate surface area is 167 Å². The summed E-state index contributed by atoms with van der Waals surface area (Å²) in [6, 6.07) is 6.43. The highest BCUT2D eigenvalue weighted by Crippen LogP contribution is 2.32. The summed E-state index contributed by atoms with van der Waals surface area (Å²) in [7, 11) is 0. The molecular weight excluding hydrogens is 404 g/mol. The number of carbonyl (C=O) groups is 1. The number of nitrogens with zero attached hydrogens (tertiary/aromatic N) is 1. The monoisotopic (exact) mass is 424 g/mol. The van der Waals surface area contributed by atoms with Crippen molar-refractivity contribution in [1.29, 1.82) is 0 Å². The van der Waals surface area contributed by atoms with Crippen molar-refractivity contribution in [3.8, 4) is 0 Å². The van der Waals surface area contributed by atoms with E-state index in [1.165, 1.54) is 12.3 Å². The summed E-state index contributed by atoms with van der Waals surface area (Å²) < 4.78 is 38.9. The number of halogens is 5. The van der Waals surface area contributed by atoms with E-state index in [0.717, 1.165) is 12.1 Å². The Morgan fingerprint density at radius 3 is 2.44 bits per heavy atom. The molecule has 1 heterocycles. The molecular formula is C17H21Cl2F3N4O. The van der Waals surface area contributed by atoms with Gasteiger partial charge in [-0.3, -0.25) is 4.79 Å². The highest BCUT2D eigenvalue weighted by atomic mass is 35.5. The van der Waals surface area contributed by atoms with Gasteiger partial charge in [0.1, 0.15) is 5.82 Å². The van der Waals surface area contributed by atoms with Gasteiger partial charge in [-0.25, -0.2) is 4.98 Å². The molecule has 0 atom stereocenters. The van der Waals surface area contributed by atoms with Gasteiger partial charge in [0.2, 0.25) is 0 Å². The predicted molar refractivity (Wildman–Crippen MR) is 105 cm³/mol.